The molecule has 8 heteroatoms. The predicted octanol–water partition coefficient (Wildman–Crippen LogP) is -0.129. The molecule has 2 aliphatic heterocycles. The Hall–Kier alpha value is -1.22. The van der Waals surface area contributed by atoms with Crippen LogP contribution in [0.5, 0.6) is 0 Å². The Balaban J connectivity index is 0.000000141. The Morgan fingerprint density at radius 1 is 0.792 bits per heavy atom. The number of ether oxygens (including phenoxy) is 2. The van der Waals surface area contributed by atoms with Crippen LogP contribution in [0.1, 0.15) is 51.4 Å². The molecule has 6 N–H and O–H groups in total. The third-order valence-corrected chi connectivity index (χ3v) is 6.31. The maximum Gasteiger partial charge on any atom is 0.242 e. The lowest BCUT2D eigenvalue weighted by molar-refractivity contribution is -0.133. The average molecular weight is 340 g/mol. The third kappa shape index (κ3) is 2.71. The molecular formula is C16H28N4O4. The number of amides is 2. The van der Waals surface area contributed by atoms with Crippen LogP contribution in [0, 0.1) is 10.8 Å². The van der Waals surface area contributed by atoms with Crippen molar-refractivity contribution < 1.29 is 19.1 Å². The fourth-order valence-corrected chi connectivity index (χ4v) is 4.94. The molecule has 8 nitrogen and oxygen atoms in total. The van der Waals surface area contributed by atoms with Gasteiger partial charge in [0.05, 0.1) is 23.0 Å². The molecule has 2 heterocycles. The van der Waals surface area contributed by atoms with Crippen molar-refractivity contribution >= 4 is 11.8 Å². The molecule has 0 radical (unpaired) electrons. The number of carbonyl (C=O) groups is 2. The van der Waals surface area contributed by atoms with Crippen molar-refractivity contribution in [2.24, 2.45) is 22.5 Å². The minimum Gasteiger partial charge on any atom is -0.377 e. The highest BCUT2D eigenvalue weighted by atomic mass is 16.5. The summed E-state index contributed by atoms with van der Waals surface area (Å²) < 4.78 is 11.0. The first-order valence-electron chi connectivity index (χ1n) is 8.84. The van der Waals surface area contributed by atoms with Gasteiger partial charge < -0.3 is 9.47 Å². The van der Waals surface area contributed by atoms with Crippen molar-refractivity contribution in [2.45, 2.75) is 63.6 Å². The van der Waals surface area contributed by atoms with Gasteiger partial charge in [-0.25, -0.2) is 11.7 Å². The van der Waals surface area contributed by atoms with Crippen LogP contribution in [0.15, 0.2) is 0 Å². The van der Waals surface area contributed by atoms with Crippen molar-refractivity contribution in [3.05, 3.63) is 0 Å². The molecule has 0 bridgehead atoms. The molecule has 2 aliphatic carbocycles. The second kappa shape index (κ2) is 6.95. The van der Waals surface area contributed by atoms with Crippen molar-refractivity contribution in [2.75, 3.05) is 13.2 Å². The molecular weight excluding hydrogens is 312 g/mol. The van der Waals surface area contributed by atoms with E-state index in [-0.39, 0.29) is 34.9 Å². The summed E-state index contributed by atoms with van der Waals surface area (Å²) in [5.41, 5.74) is 3.93. The fraction of sp³-hybridized carbons (Fsp3) is 0.875. The highest BCUT2D eigenvalue weighted by Crippen LogP contribution is 2.48. The smallest absolute Gasteiger partial charge is 0.242 e. The second-order valence-corrected chi connectivity index (χ2v) is 7.26. The highest BCUT2D eigenvalue weighted by molar-refractivity contribution is 5.84. The summed E-state index contributed by atoms with van der Waals surface area (Å²) >= 11 is 0. The normalized spacial score (nSPS) is 39.6. The van der Waals surface area contributed by atoms with Crippen LogP contribution < -0.4 is 22.5 Å². The van der Waals surface area contributed by atoms with Crippen LogP contribution in [-0.4, -0.2) is 37.2 Å². The van der Waals surface area contributed by atoms with Crippen molar-refractivity contribution in [3.8, 4) is 0 Å². The van der Waals surface area contributed by atoms with Gasteiger partial charge in [-0.2, -0.15) is 0 Å². The van der Waals surface area contributed by atoms with Crippen LogP contribution in [0.3, 0.4) is 0 Å². The van der Waals surface area contributed by atoms with Gasteiger partial charge in [0.15, 0.2) is 0 Å². The molecule has 0 aromatic rings. The van der Waals surface area contributed by atoms with E-state index in [1.54, 1.807) is 0 Å². The molecule has 2 saturated heterocycles. The van der Waals surface area contributed by atoms with Gasteiger partial charge in [-0.3, -0.25) is 20.4 Å². The molecule has 4 aliphatic rings. The number of fused-ring (bicyclic) bond motifs is 2. The van der Waals surface area contributed by atoms with Gasteiger partial charge in [0.25, 0.3) is 0 Å². The molecule has 0 unspecified atom stereocenters. The summed E-state index contributed by atoms with van der Waals surface area (Å²) in [5.74, 6) is 10.2. The van der Waals surface area contributed by atoms with Crippen LogP contribution in [-0.2, 0) is 19.1 Å². The zero-order valence-corrected chi connectivity index (χ0v) is 14.0. The predicted molar refractivity (Wildman–Crippen MR) is 85.9 cm³/mol. The zero-order valence-electron chi connectivity index (χ0n) is 14.0. The van der Waals surface area contributed by atoms with Crippen molar-refractivity contribution in [1.29, 1.82) is 0 Å². The van der Waals surface area contributed by atoms with E-state index in [9.17, 15) is 9.59 Å². The first-order valence-corrected chi connectivity index (χ1v) is 8.84. The lowest BCUT2D eigenvalue weighted by Gasteiger charge is -2.24. The van der Waals surface area contributed by atoms with Gasteiger partial charge in [-0.15, -0.1) is 0 Å². The Bertz CT molecular complexity index is 434. The van der Waals surface area contributed by atoms with Gasteiger partial charge in [0.1, 0.15) is 0 Å². The monoisotopic (exact) mass is 340 g/mol. The SMILES string of the molecule is NNC(=O)[C@@]12CCC[C@@H]1OCC2.NNC(=O)[C@]12CCC[C@H]1OCC2. The summed E-state index contributed by atoms with van der Waals surface area (Å²) in [5, 5.41) is 0. The van der Waals surface area contributed by atoms with Crippen molar-refractivity contribution in [3.63, 3.8) is 0 Å². The molecule has 2 amide bonds. The molecule has 0 aromatic carbocycles. The van der Waals surface area contributed by atoms with Crippen LogP contribution >= 0.6 is 0 Å². The standard InChI is InChI=1S/2C8H14N2O2/c2*9-10-7(11)8-3-1-2-6(8)12-5-4-8/h2*6H,1-5,9H2,(H,10,11)/t2*6-,8+/m10/s1. The zero-order chi connectivity index (χ0) is 17.2. The Morgan fingerprint density at radius 3 is 1.58 bits per heavy atom. The minimum atomic E-state index is -0.283. The van der Waals surface area contributed by atoms with E-state index < -0.39 is 0 Å². The number of hydrogen-bond acceptors (Lipinski definition) is 6. The third-order valence-electron chi connectivity index (χ3n) is 6.31. The van der Waals surface area contributed by atoms with E-state index >= 15 is 0 Å². The van der Waals surface area contributed by atoms with E-state index in [0.717, 1.165) is 51.4 Å². The summed E-state index contributed by atoms with van der Waals surface area (Å²) in [7, 11) is 0. The van der Waals surface area contributed by atoms with E-state index in [4.69, 9.17) is 21.2 Å². The van der Waals surface area contributed by atoms with E-state index in [2.05, 4.69) is 10.9 Å². The van der Waals surface area contributed by atoms with Crippen LogP contribution in [0.4, 0.5) is 0 Å². The lowest BCUT2D eigenvalue weighted by atomic mass is 9.82. The number of rotatable bonds is 2. The van der Waals surface area contributed by atoms with E-state index in [0.29, 0.717) is 13.2 Å². The molecule has 4 fully saturated rings. The van der Waals surface area contributed by atoms with Gasteiger partial charge in [0, 0.05) is 13.2 Å². The molecule has 24 heavy (non-hydrogen) atoms. The largest absolute Gasteiger partial charge is 0.377 e. The van der Waals surface area contributed by atoms with Crippen LogP contribution in [0.25, 0.3) is 0 Å². The molecule has 0 spiro atoms. The number of carbonyl (C=O) groups excluding carboxylic acids is 2. The Labute approximate surface area is 141 Å². The number of nitrogens with one attached hydrogen (secondary N) is 2. The van der Waals surface area contributed by atoms with Gasteiger partial charge in [-0.1, -0.05) is 0 Å². The molecule has 4 rings (SSSR count). The second-order valence-electron chi connectivity index (χ2n) is 7.26. The summed E-state index contributed by atoms with van der Waals surface area (Å²) in [6.45, 7) is 1.41. The molecule has 136 valence electrons. The number of hydrazine groups is 2. The van der Waals surface area contributed by atoms with Crippen molar-refractivity contribution in [1.82, 2.24) is 10.9 Å². The number of nitrogens with two attached hydrogens (primary N) is 2. The average Bonchev–Trinajstić information content (AvgIpc) is 3.31. The lowest BCUT2D eigenvalue weighted by Crippen LogP contribution is -2.46. The highest BCUT2D eigenvalue weighted by Gasteiger charge is 2.53. The van der Waals surface area contributed by atoms with Gasteiger partial charge in [-0.05, 0) is 51.4 Å². The summed E-state index contributed by atoms with van der Waals surface area (Å²) in [6.07, 6.45) is 7.96. The quantitative estimate of drug-likeness (QED) is 0.315. The minimum absolute atomic E-state index is 0.0394. The first kappa shape index (κ1) is 17.6. The maximum absolute atomic E-state index is 11.5. The first-order chi connectivity index (χ1) is 11.6. The number of hydrogen-bond donors (Lipinski definition) is 4. The molecule has 2 saturated carbocycles. The Morgan fingerprint density at radius 2 is 1.21 bits per heavy atom. The summed E-state index contributed by atoms with van der Waals surface area (Å²) in [6, 6.07) is 0. The molecule has 4 atom stereocenters. The summed E-state index contributed by atoms with van der Waals surface area (Å²) in [4.78, 5) is 23.0. The van der Waals surface area contributed by atoms with Gasteiger partial charge in [0.2, 0.25) is 11.8 Å². The molecule has 0 aromatic heterocycles. The Kier molecular flexibility index (Phi) is 5.10. The maximum atomic E-state index is 11.5. The topological polar surface area (TPSA) is 129 Å². The van der Waals surface area contributed by atoms with Gasteiger partial charge >= 0.3 is 0 Å². The van der Waals surface area contributed by atoms with E-state index in [1.807, 2.05) is 0 Å². The van der Waals surface area contributed by atoms with E-state index in [1.165, 1.54) is 0 Å². The fourth-order valence-electron chi connectivity index (χ4n) is 4.94. The van der Waals surface area contributed by atoms with Crippen LogP contribution in [0.2, 0.25) is 0 Å².